The SMILES string of the molecule is CCC(=O)N(CCO)Cc1cccc(Br)c1. The summed E-state index contributed by atoms with van der Waals surface area (Å²) in [5.74, 6) is 0.0639. The van der Waals surface area contributed by atoms with Crippen LogP contribution in [-0.4, -0.2) is 29.1 Å². The van der Waals surface area contributed by atoms with Crippen molar-refractivity contribution in [2.24, 2.45) is 0 Å². The summed E-state index contributed by atoms with van der Waals surface area (Å²) >= 11 is 3.39. The van der Waals surface area contributed by atoms with Gasteiger partial charge in [-0.05, 0) is 17.7 Å². The van der Waals surface area contributed by atoms with Crippen LogP contribution in [0.2, 0.25) is 0 Å². The number of carbonyl (C=O) groups is 1. The van der Waals surface area contributed by atoms with Gasteiger partial charge in [0.25, 0.3) is 0 Å². The van der Waals surface area contributed by atoms with E-state index in [9.17, 15) is 4.79 Å². The molecule has 1 aromatic rings. The molecule has 16 heavy (non-hydrogen) atoms. The zero-order valence-electron chi connectivity index (χ0n) is 9.32. The van der Waals surface area contributed by atoms with E-state index in [0.29, 0.717) is 19.5 Å². The largest absolute Gasteiger partial charge is 0.395 e. The highest BCUT2D eigenvalue weighted by Crippen LogP contribution is 2.13. The summed E-state index contributed by atoms with van der Waals surface area (Å²) < 4.78 is 0.998. The Kier molecular flexibility index (Phi) is 5.49. The van der Waals surface area contributed by atoms with E-state index >= 15 is 0 Å². The molecule has 4 heteroatoms. The van der Waals surface area contributed by atoms with Gasteiger partial charge in [0.1, 0.15) is 0 Å². The van der Waals surface area contributed by atoms with Crippen LogP contribution >= 0.6 is 15.9 Å². The number of carbonyl (C=O) groups excluding carboxylic acids is 1. The predicted molar refractivity (Wildman–Crippen MR) is 66.9 cm³/mol. The first kappa shape index (κ1) is 13.2. The van der Waals surface area contributed by atoms with Gasteiger partial charge in [0.15, 0.2) is 0 Å². The summed E-state index contributed by atoms with van der Waals surface area (Å²) in [6.45, 7) is 2.76. The molecule has 0 atom stereocenters. The Bertz CT molecular complexity index is 355. The highest BCUT2D eigenvalue weighted by atomic mass is 79.9. The molecule has 88 valence electrons. The number of rotatable bonds is 5. The van der Waals surface area contributed by atoms with Crippen molar-refractivity contribution in [1.29, 1.82) is 0 Å². The molecule has 0 aliphatic carbocycles. The van der Waals surface area contributed by atoms with Crippen LogP contribution in [0.15, 0.2) is 28.7 Å². The second kappa shape index (κ2) is 6.66. The quantitative estimate of drug-likeness (QED) is 0.901. The number of aliphatic hydroxyl groups is 1. The van der Waals surface area contributed by atoms with E-state index in [1.807, 2.05) is 31.2 Å². The maximum atomic E-state index is 11.6. The van der Waals surface area contributed by atoms with E-state index in [1.54, 1.807) is 4.90 Å². The Hall–Kier alpha value is -0.870. The maximum absolute atomic E-state index is 11.6. The Morgan fingerprint density at radius 1 is 1.50 bits per heavy atom. The maximum Gasteiger partial charge on any atom is 0.222 e. The molecule has 1 aromatic carbocycles. The van der Waals surface area contributed by atoms with Crippen molar-refractivity contribution in [3.63, 3.8) is 0 Å². The van der Waals surface area contributed by atoms with Gasteiger partial charge >= 0.3 is 0 Å². The fourth-order valence-electron chi connectivity index (χ4n) is 1.49. The van der Waals surface area contributed by atoms with Gasteiger partial charge < -0.3 is 10.0 Å². The molecule has 0 saturated carbocycles. The Labute approximate surface area is 104 Å². The summed E-state index contributed by atoms with van der Waals surface area (Å²) in [5, 5.41) is 8.91. The monoisotopic (exact) mass is 285 g/mol. The molecule has 0 bridgehead atoms. The fourth-order valence-corrected chi connectivity index (χ4v) is 1.94. The number of amides is 1. The number of nitrogens with zero attached hydrogens (tertiary/aromatic N) is 1. The van der Waals surface area contributed by atoms with Crippen molar-refractivity contribution < 1.29 is 9.90 Å². The van der Waals surface area contributed by atoms with Crippen molar-refractivity contribution in [3.05, 3.63) is 34.3 Å². The van der Waals surface area contributed by atoms with Gasteiger partial charge in [-0.2, -0.15) is 0 Å². The Balaban J connectivity index is 2.71. The molecule has 1 N–H and O–H groups in total. The molecule has 1 rings (SSSR count). The third-order valence-corrected chi connectivity index (χ3v) is 2.78. The van der Waals surface area contributed by atoms with Crippen LogP contribution in [0.25, 0.3) is 0 Å². The minimum Gasteiger partial charge on any atom is -0.395 e. The van der Waals surface area contributed by atoms with Crippen molar-refractivity contribution in [2.75, 3.05) is 13.2 Å². The first-order valence-corrected chi connectivity index (χ1v) is 6.09. The van der Waals surface area contributed by atoms with E-state index in [-0.39, 0.29) is 12.5 Å². The van der Waals surface area contributed by atoms with Crippen molar-refractivity contribution in [2.45, 2.75) is 19.9 Å². The zero-order valence-corrected chi connectivity index (χ0v) is 10.9. The van der Waals surface area contributed by atoms with Crippen LogP contribution in [0.4, 0.5) is 0 Å². The van der Waals surface area contributed by atoms with Crippen LogP contribution in [0.1, 0.15) is 18.9 Å². The van der Waals surface area contributed by atoms with E-state index in [0.717, 1.165) is 10.0 Å². The molecule has 3 nitrogen and oxygen atoms in total. The second-order valence-corrected chi connectivity index (χ2v) is 4.44. The molecule has 1 amide bonds. The number of hydrogen-bond donors (Lipinski definition) is 1. The van der Waals surface area contributed by atoms with E-state index in [4.69, 9.17) is 5.11 Å². The highest BCUT2D eigenvalue weighted by Gasteiger charge is 2.11. The number of hydrogen-bond acceptors (Lipinski definition) is 2. The van der Waals surface area contributed by atoms with Crippen LogP contribution in [0.3, 0.4) is 0 Å². The smallest absolute Gasteiger partial charge is 0.222 e. The van der Waals surface area contributed by atoms with Gasteiger partial charge in [-0.15, -0.1) is 0 Å². The van der Waals surface area contributed by atoms with Gasteiger partial charge in [0.2, 0.25) is 5.91 Å². The van der Waals surface area contributed by atoms with E-state index in [2.05, 4.69) is 15.9 Å². The molecule has 0 aliphatic rings. The zero-order chi connectivity index (χ0) is 12.0. The summed E-state index contributed by atoms with van der Waals surface area (Å²) in [4.78, 5) is 13.3. The van der Waals surface area contributed by atoms with Crippen LogP contribution in [0.5, 0.6) is 0 Å². The molecule has 0 unspecified atom stereocenters. The topological polar surface area (TPSA) is 40.5 Å². The first-order valence-electron chi connectivity index (χ1n) is 5.30. The van der Waals surface area contributed by atoms with Gasteiger partial charge in [-0.1, -0.05) is 35.0 Å². The molecule has 0 aromatic heterocycles. The van der Waals surface area contributed by atoms with Crippen LogP contribution in [-0.2, 0) is 11.3 Å². The molecule has 0 heterocycles. The predicted octanol–water partition coefficient (Wildman–Crippen LogP) is 2.18. The standard InChI is InChI=1S/C12H16BrNO2/c1-2-12(16)14(6-7-15)9-10-4-3-5-11(13)8-10/h3-5,8,15H,2,6-7,9H2,1H3. The third kappa shape index (κ3) is 3.94. The third-order valence-electron chi connectivity index (χ3n) is 2.29. The summed E-state index contributed by atoms with van der Waals surface area (Å²) in [6, 6.07) is 7.83. The molecule has 0 fully saturated rings. The normalized spacial score (nSPS) is 10.2. The number of benzene rings is 1. The van der Waals surface area contributed by atoms with E-state index < -0.39 is 0 Å². The van der Waals surface area contributed by atoms with Gasteiger partial charge in [0.05, 0.1) is 6.61 Å². The summed E-state index contributed by atoms with van der Waals surface area (Å²) in [5.41, 5.74) is 1.06. The lowest BCUT2D eigenvalue weighted by molar-refractivity contribution is -0.132. The fraction of sp³-hybridized carbons (Fsp3) is 0.417. The average Bonchev–Trinajstić information content (AvgIpc) is 2.27. The summed E-state index contributed by atoms with van der Waals surface area (Å²) in [6.07, 6.45) is 0.466. The molecular formula is C12H16BrNO2. The van der Waals surface area contributed by atoms with Crippen LogP contribution < -0.4 is 0 Å². The van der Waals surface area contributed by atoms with Gasteiger partial charge in [-0.3, -0.25) is 4.79 Å². The Morgan fingerprint density at radius 3 is 2.81 bits per heavy atom. The molecule has 0 radical (unpaired) electrons. The molecular weight excluding hydrogens is 270 g/mol. The lowest BCUT2D eigenvalue weighted by Crippen LogP contribution is -2.32. The number of aliphatic hydroxyl groups excluding tert-OH is 1. The lowest BCUT2D eigenvalue weighted by atomic mass is 10.2. The summed E-state index contributed by atoms with van der Waals surface area (Å²) in [7, 11) is 0. The molecule has 0 spiro atoms. The van der Waals surface area contributed by atoms with Gasteiger partial charge in [0, 0.05) is 24.0 Å². The second-order valence-electron chi connectivity index (χ2n) is 3.52. The lowest BCUT2D eigenvalue weighted by Gasteiger charge is -2.21. The highest BCUT2D eigenvalue weighted by molar-refractivity contribution is 9.10. The number of halogens is 1. The van der Waals surface area contributed by atoms with Crippen molar-refractivity contribution >= 4 is 21.8 Å². The first-order chi connectivity index (χ1) is 7.67. The Morgan fingerprint density at radius 2 is 2.25 bits per heavy atom. The minimum atomic E-state index is -0.000255. The van der Waals surface area contributed by atoms with Crippen LogP contribution in [0, 0.1) is 0 Å². The molecule has 0 aliphatic heterocycles. The minimum absolute atomic E-state index is 0.000255. The molecule has 0 saturated heterocycles. The van der Waals surface area contributed by atoms with Crippen molar-refractivity contribution in [3.8, 4) is 0 Å². The average molecular weight is 286 g/mol. The van der Waals surface area contributed by atoms with E-state index in [1.165, 1.54) is 0 Å². The van der Waals surface area contributed by atoms with Crippen molar-refractivity contribution in [1.82, 2.24) is 4.90 Å². The van der Waals surface area contributed by atoms with Gasteiger partial charge in [-0.25, -0.2) is 0 Å².